The van der Waals surface area contributed by atoms with Gasteiger partial charge in [-0.2, -0.15) is 0 Å². The SMILES string of the molecule is O=C(c1cccc(NS(=O)(=O)c2ccc3c(c2)OCCO3)c1)N1CCCC1. The molecule has 0 radical (unpaired) electrons. The van der Waals surface area contributed by atoms with Crippen LogP contribution in [-0.4, -0.2) is 45.5 Å². The van der Waals surface area contributed by atoms with Crippen molar-refractivity contribution >= 4 is 21.6 Å². The van der Waals surface area contributed by atoms with E-state index in [-0.39, 0.29) is 10.8 Å². The highest BCUT2D eigenvalue weighted by atomic mass is 32.2. The van der Waals surface area contributed by atoms with Gasteiger partial charge in [0.05, 0.1) is 4.90 Å². The lowest BCUT2D eigenvalue weighted by Gasteiger charge is -2.19. The van der Waals surface area contributed by atoms with Gasteiger partial charge in [-0.15, -0.1) is 0 Å². The van der Waals surface area contributed by atoms with E-state index >= 15 is 0 Å². The topological polar surface area (TPSA) is 84.9 Å². The minimum atomic E-state index is -3.82. The molecule has 1 N–H and O–H groups in total. The van der Waals surface area contributed by atoms with Gasteiger partial charge < -0.3 is 14.4 Å². The zero-order valence-electron chi connectivity index (χ0n) is 14.7. The molecule has 1 fully saturated rings. The molecule has 0 spiro atoms. The Morgan fingerprint density at radius 3 is 2.48 bits per heavy atom. The van der Waals surface area contributed by atoms with Crippen molar-refractivity contribution in [3.63, 3.8) is 0 Å². The summed E-state index contributed by atoms with van der Waals surface area (Å²) in [6.07, 6.45) is 2.00. The number of likely N-dealkylation sites (tertiary alicyclic amines) is 1. The number of hydrogen-bond donors (Lipinski definition) is 1. The second-order valence-electron chi connectivity index (χ2n) is 6.49. The first kappa shape index (κ1) is 17.7. The molecule has 27 heavy (non-hydrogen) atoms. The molecule has 2 aromatic carbocycles. The average Bonchev–Trinajstić information content (AvgIpc) is 3.21. The van der Waals surface area contributed by atoms with E-state index in [9.17, 15) is 13.2 Å². The number of rotatable bonds is 4. The average molecular weight is 388 g/mol. The maximum absolute atomic E-state index is 12.7. The molecule has 4 rings (SSSR count). The molecule has 2 aliphatic rings. The number of carbonyl (C=O) groups is 1. The maximum atomic E-state index is 12.7. The number of anilines is 1. The number of carbonyl (C=O) groups excluding carboxylic acids is 1. The number of nitrogens with one attached hydrogen (secondary N) is 1. The van der Waals surface area contributed by atoms with E-state index in [4.69, 9.17) is 9.47 Å². The van der Waals surface area contributed by atoms with E-state index in [2.05, 4.69) is 4.72 Å². The number of ether oxygens (including phenoxy) is 2. The van der Waals surface area contributed by atoms with E-state index in [1.807, 2.05) is 0 Å². The van der Waals surface area contributed by atoms with Crippen LogP contribution in [0.4, 0.5) is 5.69 Å². The summed E-state index contributed by atoms with van der Waals surface area (Å²) in [6.45, 7) is 2.30. The van der Waals surface area contributed by atoms with Crippen LogP contribution in [0.15, 0.2) is 47.4 Å². The Kier molecular flexibility index (Phi) is 4.65. The number of amides is 1. The molecule has 2 aromatic rings. The molecule has 0 aromatic heterocycles. The molecule has 7 nitrogen and oxygen atoms in total. The highest BCUT2D eigenvalue weighted by Crippen LogP contribution is 2.32. The van der Waals surface area contributed by atoms with Crippen molar-refractivity contribution in [1.82, 2.24) is 4.90 Å². The molecule has 2 heterocycles. The van der Waals surface area contributed by atoms with Crippen LogP contribution in [0.3, 0.4) is 0 Å². The van der Waals surface area contributed by atoms with Crippen molar-refractivity contribution in [2.45, 2.75) is 17.7 Å². The molecule has 1 saturated heterocycles. The van der Waals surface area contributed by atoms with Crippen molar-refractivity contribution in [2.75, 3.05) is 31.0 Å². The number of benzene rings is 2. The summed E-state index contributed by atoms with van der Waals surface area (Å²) in [5, 5.41) is 0. The summed E-state index contributed by atoms with van der Waals surface area (Å²) in [5.74, 6) is 0.855. The fraction of sp³-hybridized carbons (Fsp3) is 0.316. The standard InChI is InChI=1S/C19H20N2O5S/c22-19(21-8-1-2-9-21)14-4-3-5-15(12-14)20-27(23,24)16-6-7-17-18(13-16)26-11-10-25-17/h3-7,12-13,20H,1-2,8-11H2. The Bertz CT molecular complexity index is 968. The molecular formula is C19H20N2O5S. The van der Waals surface area contributed by atoms with Gasteiger partial charge in [-0.25, -0.2) is 8.42 Å². The minimum Gasteiger partial charge on any atom is -0.486 e. The quantitative estimate of drug-likeness (QED) is 0.870. The van der Waals surface area contributed by atoms with Gasteiger partial charge in [0.2, 0.25) is 0 Å². The van der Waals surface area contributed by atoms with Crippen molar-refractivity contribution in [2.24, 2.45) is 0 Å². The largest absolute Gasteiger partial charge is 0.486 e. The van der Waals surface area contributed by atoms with Crippen molar-refractivity contribution < 1.29 is 22.7 Å². The predicted octanol–water partition coefficient (Wildman–Crippen LogP) is 2.49. The minimum absolute atomic E-state index is 0.0722. The van der Waals surface area contributed by atoms with E-state index in [1.54, 1.807) is 35.2 Å². The summed E-state index contributed by atoms with van der Waals surface area (Å²) in [5.41, 5.74) is 0.814. The van der Waals surface area contributed by atoms with Crippen molar-refractivity contribution in [1.29, 1.82) is 0 Å². The highest BCUT2D eigenvalue weighted by molar-refractivity contribution is 7.92. The first-order valence-corrected chi connectivity index (χ1v) is 10.3. The fourth-order valence-electron chi connectivity index (χ4n) is 3.22. The summed E-state index contributed by atoms with van der Waals surface area (Å²) in [4.78, 5) is 14.4. The van der Waals surface area contributed by atoms with E-state index in [0.717, 1.165) is 25.9 Å². The molecule has 142 valence electrons. The maximum Gasteiger partial charge on any atom is 0.262 e. The predicted molar refractivity (Wildman–Crippen MR) is 99.8 cm³/mol. The Labute approximate surface area is 157 Å². The van der Waals surface area contributed by atoms with Gasteiger partial charge in [0, 0.05) is 30.4 Å². The zero-order chi connectivity index (χ0) is 18.9. The fourth-order valence-corrected chi connectivity index (χ4v) is 4.29. The first-order chi connectivity index (χ1) is 13.0. The molecule has 0 bridgehead atoms. The second-order valence-corrected chi connectivity index (χ2v) is 8.17. The summed E-state index contributed by atoms with van der Waals surface area (Å²) >= 11 is 0. The summed E-state index contributed by atoms with van der Waals surface area (Å²) in [6, 6.07) is 11.0. The lowest BCUT2D eigenvalue weighted by Crippen LogP contribution is -2.27. The molecule has 0 aliphatic carbocycles. The summed E-state index contributed by atoms with van der Waals surface area (Å²) < 4.78 is 38.8. The molecule has 0 atom stereocenters. The summed E-state index contributed by atoms with van der Waals surface area (Å²) in [7, 11) is -3.82. The van der Waals surface area contributed by atoms with Crippen LogP contribution in [0.5, 0.6) is 11.5 Å². The highest BCUT2D eigenvalue weighted by Gasteiger charge is 2.22. The normalized spacial score (nSPS) is 16.2. The first-order valence-electron chi connectivity index (χ1n) is 8.85. The Balaban J connectivity index is 1.56. The van der Waals surface area contributed by atoms with Crippen LogP contribution in [0.25, 0.3) is 0 Å². The monoisotopic (exact) mass is 388 g/mol. The van der Waals surface area contributed by atoms with Gasteiger partial charge in [0.25, 0.3) is 15.9 Å². The van der Waals surface area contributed by atoms with Crippen LogP contribution in [0, 0.1) is 0 Å². The van der Waals surface area contributed by atoms with Crippen LogP contribution in [0.2, 0.25) is 0 Å². The van der Waals surface area contributed by atoms with Crippen LogP contribution < -0.4 is 14.2 Å². The number of fused-ring (bicyclic) bond motifs is 1. The number of hydrogen-bond acceptors (Lipinski definition) is 5. The van der Waals surface area contributed by atoms with Crippen LogP contribution >= 0.6 is 0 Å². The molecule has 2 aliphatic heterocycles. The third-order valence-electron chi connectivity index (χ3n) is 4.58. The molecule has 1 amide bonds. The van der Waals surface area contributed by atoms with Gasteiger partial charge in [-0.1, -0.05) is 6.07 Å². The Morgan fingerprint density at radius 1 is 0.963 bits per heavy atom. The third-order valence-corrected chi connectivity index (χ3v) is 5.96. The molecule has 0 unspecified atom stereocenters. The number of nitrogens with zero attached hydrogens (tertiary/aromatic N) is 1. The van der Waals surface area contributed by atoms with Gasteiger partial charge in [-0.05, 0) is 43.2 Å². The second kappa shape index (κ2) is 7.11. The molecular weight excluding hydrogens is 368 g/mol. The van der Waals surface area contributed by atoms with Gasteiger partial charge >= 0.3 is 0 Å². The van der Waals surface area contributed by atoms with Gasteiger partial charge in [0.15, 0.2) is 11.5 Å². The van der Waals surface area contributed by atoms with E-state index < -0.39 is 10.0 Å². The van der Waals surface area contributed by atoms with Crippen LogP contribution in [0.1, 0.15) is 23.2 Å². The van der Waals surface area contributed by atoms with E-state index in [0.29, 0.717) is 36.0 Å². The van der Waals surface area contributed by atoms with Gasteiger partial charge in [0.1, 0.15) is 13.2 Å². The Morgan fingerprint density at radius 2 is 1.70 bits per heavy atom. The van der Waals surface area contributed by atoms with E-state index in [1.165, 1.54) is 12.1 Å². The molecule has 0 saturated carbocycles. The van der Waals surface area contributed by atoms with Crippen LogP contribution in [-0.2, 0) is 10.0 Å². The molecule has 8 heteroatoms. The smallest absolute Gasteiger partial charge is 0.262 e. The lowest BCUT2D eigenvalue weighted by molar-refractivity contribution is 0.0793. The zero-order valence-corrected chi connectivity index (χ0v) is 15.5. The van der Waals surface area contributed by atoms with Gasteiger partial charge in [-0.3, -0.25) is 9.52 Å². The van der Waals surface area contributed by atoms with Crippen molar-refractivity contribution in [3.8, 4) is 11.5 Å². The van der Waals surface area contributed by atoms with Crippen molar-refractivity contribution in [3.05, 3.63) is 48.0 Å². The lowest BCUT2D eigenvalue weighted by atomic mass is 10.2. The Hall–Kier alpha value is -2.74. The third kappa shape index (κ3) is 3.71. The number of sulfonamides is 1.